The van der Waals surface area contributed by atoms with E-state index >= 15 is 0 Å². The first-order valence-corrected chi connectivity index (χ1v) is 11.6. The Labute approximate surface area is 215 Å². The Bertz CT molecular complexity index is 895. The van der Waals surface area contributed by atoms with Gasteiger partial charge in [-0.3, -0.25) is 0 Å². The molecule has 1 saturated heterocycles. The number of aliphatic hydroxyl groups excluding tert-OH is 3. The number of phenolic OH excluding ortho intramolecular Hbond substituents is 1. The van der Waals surface area contributed by atoms with Gasteiger partial charge in [-0.05, 0) is 85.0 Å². The predicted octanol–water partition coefficient (Wildman–Crippen LogP) is -2.80. The van der Waals surface area contributed by atoms with Crippen molar-refractivity contribution in [2.24, 2.45) is 17.3 Å². The number of ether oxygens (including phenoxy) is 2. The van der Waals surface area contributed by atoms with E-state index in [-0.39, 0.29) is 41.1 Å². The van der Waals surface area contributed by atoms with Gasteiger partial charge in [-0.15, -0.1) is 0 Å². The summed E-state index contributed by atoms with van der Waals surface area (Å²) in [6.45, 7) is 2.20. The monoisotopic (exact) mass is 470 g/mol. The first-order valence-electron chi connectivity index (χ1n) is 11.6. The average Bonchev–Trinajstić information content (AvgIpc) is 3.09. The second-order valence-corrected chi connectivity index (χ2v) is 10.3. The molecule has 9 heteroatoms. The number of aliphatic hydroxyl groups is 3. The van der Waals surface area contributed by atoms with Crippen LogP contribution in [0.15, 0.2) is 18.2 Å². The molecule has 3 unspecified atom stereocenters. The molecule has 5 rings (SSSR count). The number of benzene rings is 1. The third-order valence-corrected chi connectivity index (χ3v) is 8.72. The molecule has 0 bridgehead atoms. The number of aromatic hydroxyl groups is 1. The van der Waals surface area contributed by atoms with Crippen LogP contribution in [0.2, 0.25) is 0 Å². The first-order chi connectivity index (χ1) is 15.2. The van der Waals surface area contributed by atoms with E-state index in [1.807, 2.05) is 6.07 Å². The maximum atomic E-state index is 11.3. The number of hydrogen-bond donors (Lipinski definition) is 4. The van der Waals surface area contributed by atoms with E-state index in [1.165, 1.54) is 11.1 Å². The van der Waals surface area contributed by atoms with Crippen molar-refractivity contribution in [2.75, 3.05) is 0 Å². The van der Waals surface area contributed by atoms with Crippen LogP contribution in [0.4, 0.5) is 0 Å². The smallest absolute Gasteiger partial charge is 0.547 e. The second-order valence-electron chi connectivity index (χ2n) is 10.3. The largest absolute Gasteiger partial charge is 1.00 e. The van der Waals surface area contributed by atoms with Gasteiger partial charge in [0.1, 0.15) is 30.2 Å². The van der Waals surface area contributed by atoms with Crippen molar-refractivity contribution in [1.82, 2.24) is 0 Å². The van der Waals surface area contributed by atoms with Crippen LogP contribution < -0.4 is 34.7 Å². The van der Waals surface area contributed by atoms with E-state index in [0.29, 0.717) is 23.5 Å². The van der Waals surface area contributed by atoms with Gasteiger partial charge in [0.25, 0.3) is 0 Å². The van der Waals surface area contributed by atoms with Crippen molar-refractivity contribution >= 4 is 5.97 Å². The van der Waals surface area contributed by atoms with Gasteiger partial charge in [-0.2, -0.15) is 0 Å². The summed E-state index contributed by atoms with van der Waals surface area (Å²) in [7, 11) is 0. The molecule has 1 heterocycles. The molecule has 10 atom stereocenters. The van der Waals surface area contributed by atoms with Crippen molar-refractivity contribution in [3.8, 4) is 5.75 Å². The topological polar surface area (TPSA) is 140 Å². The molecular weight excluding hydrogens is 439 g/mol. The molecule has 0 radical (unpaired) electrons. The third kappa shape index (κ3) is 4.16. The van der Waals surface area contributed by atoms with Crippen LogP contribution in [0.1, 0.15) is 56.1 Å². The molecule has 4 aliphatic rings. The fourth-order valence-corrected chi connectivity index (χ4v) is 7.06. The normalized spacial score (nSPS) is 44.2. The number of carboxylic acid groups (broad SMARTS) is 1. The van der Waals surface area contributed by atoms with Crippen molar-refractivity contribution in [3.63, 3.8) is 0 Å². The molecule has 0 amide bonds. The number of carbonyl (C=O) groups is 1. The van der Waals surface area contributed by atoms with Gasteiger partial charge >= 0.3 is 29.6 Å². The van der Waals surface area contributed by atoms with Crippen LogP contribution in [0, 0.1) is 17.3 Å². The molecule has 2 saturated carbocycles. The fourth-order valence-electron chi connectivity index (χ4n) is 7.06. The number of rotatable bonds is 3. The van der Waals surface area contributed by atoms with Crippen LogP contribution in [0.5, 0.6) is 5.75 Å². The number of phenols is 1. The van der Waals surface area contributed by atoms with Gasteiger partial charge in [0.05, 0.1) is 12.1 Å². The SMILES string of the molecule is C[C@]12CCC3c4ccc(O)cc4CCC3C1CC[C@@H]2O[C@@H]1O[C@H](C(=O)[O-])[C@@H](O)[C@H](O)[C@H]1O.[Na+]. The van der Waals surface area contributed by atoms with Crippen LogP contribution in [-0.4, -0.2) is 63.2 Å². The minimum absolute atomic E-state index is 0. The first kappa shape index (κ1) is 25.4. The van der Waals surface area contributed by atoms with E-state index < -0.39 is 36.7 Å². The van der Waals surface area contributed by atoms with E-state index in [0.717, 1.165) is 38.5 Å². The fraction of sp³-hybridized carbons (Fsp3) is 0.708. The Hall–Kier alpha value is -0.710. The average molecular weight is 470 g/mol. The Morgan fingerprint density at radius 2 is 1.88 bits per heavy atom. The summed E-state index contributed by atoms with van der Waals surface area (Å²) >= 11 is 0. The van der Waals surface area contributed by atoms with Gasteiger partial charge in [0.2, 0.25) is 0 Å². The Morgan fingerprint density at radius 3 is 2.61 bits per heavy atom. The molecule has 4 N–H and O–H groups in total. The summed E-state index contributed by atoms with van der Waals surface area (Å²) in [4.78, 5) is 11.3. The summed E-state index contributed by atoms with van der Waals surface area (Å²) in [5.74, 6) is 0.0267. The summed E-state index contributed by atoms with van der Waals surface area (Å²) in [5.41, 5.74) is 2.42. The molecule has 3 aliphatic carbocycles. The van der Waals surface area contributed by atoms with Crippen LogP contribution in [0.25, 0.3) is 0 Å². The molecule has 176 valence electrons. The van der Waals surface area contributed by atoms with Gasteiger partial charge in [-0.25, -0.2) is 0 Å². The zero-order valence-corrected chi connectivity index (χ0v) is 21.1. The zero-order chi connectivity index (χ0) is 22.8. The van der Waals surface area contributed by atoms with Crippen molar-refractivity contribution in [2.45, 2.75) is 88.2 Å². The van der Waals surface area contributed by atoms with Crippen LogP contribution in [0.3, 0.4) is 0 Å². The number of carboxylic acids is 1. The second kappa shape index (κ2) is 9.39. The van der Waals surface area contributed by atoms with Gasteiger partial charge in [0.15, 0.2) is 6.29 Å². The quantitative estimate of drug-likeness (QED) is 0.348. The number of hydrogen-bond acceptors (Lipinski definition) is 8. The number of aliphatic carboxylic acids is 1. The molecule has 3 fully saturated rings. The molecule has 0 spiro atoms. The molecule has 33 heavy (non-hydrogen) atoms. The molecule has 1 aliphatic heterocycles. The summed E-state index contributed by atoms with van der Waals surface area (Å²) in [6, 6.07) is 5.71. The molecular formula is C24H31NaO8. The van der Waals surface area contributed by atoms with Crippen LogP contribution in [-0.2, 0) is 20.7 Å². The summed E-state index contributed by atoms with van der Waals surface area (Å²) < 4.78 is 11.5. The number of fused-ring (bicyclic) bond motifs is 5. The molecule has 1 aromatic carbocycles. The van der Waals surface area contributed by atoms with Gasteiger partial charge in [-0.1, -0.05) is 13.0 Å². The van der Waals surface area contributed by atoms with E-state index in [4.69, 9.17) is 9.47 Å². The Balaban J connectivity index is 0.00000259. The zero-order valence-electron chi connectivity index (χ0n) is 19.1. The molecule has 8 nitrogen and oxygen atoms in total. The third-order valence-electron chi connectivity index (χ3n) is 8.72. The van der Waals surface area contributed by atoms with E-state index in [9.17, 15) is 30.3 Å². The van der Waals surface area contributed by atoms with Crippen molar-refractivity contribution < 1.29 is 69.4 Å². The van der Waals surface area contributed by atoms with Crippen molar-refractivity contribution in [1.29, 1.82) is 0 Å². The Kier molecular flexibility index (Phi) is 7.22. The van der Waals surface area contributed by atoms with E-state index in [1.54, 1.807) is 6.07 Å². The van der Waals surface area contributed by atoms with Crippen molar-refractivity contribution in [3.05, 3.63) is 29.3 Å². The minimum atomic E-state index is -1.78. The minimum Gasteiger partial charge on any atom is -0.547 e. The van der Waals surface area contributed by atoms with Crippen LogP contribution >= 0.6 is 0 Å². The Morgan fingerprint density at radius 1 is 1.12 bits per heavy atom. The summed E-state index contributed by atoms with van der Waals surface area (Å²) in [5, 5.41) is 51.5. The van der Waals surface area contributed by atoms with Gasteiger partial charge < -0.3 is 39.8 Å². The van der Waals surface area contributed by atoms with Gasteiger partial charge in [0, 0.05) is 0 Å². The number of aryl methyl sites for hydroxylation is 1. The molecule has 0 aromatic heterocycles. The summed E-state index contributed by atoms with van der Waals surface area (Å²) in [6.07, 6.45) is -2.75. The predicted molar refractivity (Wildman–Crippen MR) is 109 cm³/mol. The maximum absolute atomic E-state index is 11.3. The van der Waals surface area contributed by atoms with E-state index in [2.05, 4.69) is 13.0 Å². The standard InChI is InChI=1S/C24H32O8.Na/c1-24-9-8-14-13-5-3-12(25)10-11(13)2-4-15(14)16(24)6-7-17(24)31-23-20(28)18(26)19(27)21(32-23)22(29)30;/h3,5,10,14-21,23,25-28H,2,4,6-9H2,1H3,(H,29,30);/q;+1/p-1/t14?,15?,16?,17-,18-,19-,20+,21-,23+,24-;/m0./s1. The molecule has 1 aromatic rings. The number of carbonyl (C=O) groups excluding carboxylic acids is 1. The maximum Gasteiger partial charge on any atom is 1.00 e.